The highest BCUT2D eigenvalue weighted by atomic mass is 32.2. The molecule has 1 amide bonds. The first-order chi connectivity index (χ1) is 12.8. The number of aryl methyl sites for hydroxylation is 1. The molecule has 8 heteroatoms. The summed E-state index contributed by atoms with van der Waals surface area (Å²) < 4.78 is 27.2. The standard InChI is InChI=1S/C19H26N4O3S/c1-4-14(2)16-5-7-17(8-6-16)27(25,26)23-11-9-22(10-12-23)19(24)18-13-15(3)20-21-18/h5-8,13-14H,4,9-12H2,1-3H3,(H,20,21). The topological polar surface area (TPSA) is 86.4 Å². The Hall–Kier alpha value is -2.19. The van der Waals surface area contributed by atoms with Crippen LogP contribution in [0.3, 0.4) is 0 Å². The largest absolute Gasteiger partial charge is 0.335 e. The molecule has 1 aliphatic rings. The molecule has 1 aromatic heterocycles. The van der Waals surface area contributed by atoms with Gasteiger partial charge >= 0.3 is 0 Å². The smallest absolute Gasteiger partial charge is 0.274 e. The van der Waals surface area contributed by atoms with Gasteiger partial charge < -0.3 is 4.90 Å². The van der Waals surface area contributed by atoms with Gasteiger partial charge in [0.05, 0.1) is 4.90 Å². The van der Waals surface area contributed by atoms with E-state index in [2.05, 4.69) is 24.0 Å². The Balaban J connectivity index is 1.66. The van der Waals surface area contributed by atoms with Crippen LogP contribution in [0.1, 0.15) is 47.9 Å². The summed E-state index contributed by atoms with van der Waals surface area (Å²) >= 11 is 0. The van der Waals surface area contributed by atoms with Crippen LogP contribution in [0.5, 0.6) is 0 Å². The number of amides is 1. The minimum absolute atomic E-state index is 0.172. The molecule has 7 nitrogen and oxygen atoms in total. The minimum atomic E-state index is -3.55. The molecule has 146 valence electrons. The summed E-state index contributed by atoms with van der Waals surface area (Å²) in [5.74, 6) is 0.233. The Morgan fingerprint density at radius 1 is 1.19 bits per heavy atom. The molecule has 1 aliphatic heterocycles. The van der Waals surface area contributed by atoms with E-state index in [1.54, 1.807) is 23.1 Å². The van der Waals surface area contributed by atoms with Gasteiger partial charge in [0.25, 0.3) is 5.91 Å². The molecule has 2 aromatic rings. The molecule has 1 N–H and O–H groups in total. The van der Waals surface area contributed by atoms with Gasteiger partial charge in [-0.15, -0.1) is 0 Å². The minimum Gasteiger partial charge on any atom is -0.335 e. The molecule has 2 heterocycles. The number of hydrogen-bond donors (Lipinski definition) is 1. The van der Waals surface area contributed by atoms with Crippen molar-refractivity contribution in [3.8, 4) is 0 Å². The van der Waals surface area contributed by atoms with Gasteiger partial charge in [0, 0.05) is 31.9 Å². The average Bonchev–Trinajstić information content (AvgIpc) is 3.13. The van der Waals surface area contributed by atoms with Crippen LogP contribution in [0.4, 0.5) is 0 Å². The molecule has 0 bridgehead atoms. The summed E-state index contributed by atoms with van der Waals surface area (Å²) in [7, 11) is -3.55. The van der Waals surface area contributed by atoms with Crippen molar-refractivity contribution < 1.29 is 13.2 Å². The lowest BCUT2D eigenvalue weighted by Crippen LogP contribution is -2.50. The number of rotatable bonds is 5. The second-order valence-corrected chi connectivity index (χ2v) is 8.95. The zero-order valence-corrected chi connectivity index (χ0v) is 16.8. The molecule has 0 radical (unpaired) electrons. The van der Waals surface area contributed by atoms with Crippen molar-refractivity contribution >= 4 is 15.9 Å². The molecule has 1 aromatic carbocycles. The lowest BCUT2D eigenvalue weighted by Gasteiger charge is -2.33. The van der Waals surface area contributed by atoms with Gasteiger partial charge in [0.1, 0.15) is 5.69 Å². The second kappa shape index (κ2) is 7.82. The van der Waals surface area contributed by atoms with Crippen LogP contribution >= 0.6 is 0 Å². The molecule has 27 heavy (non-hydrogen) atoms. The average molecular weight is 391 g/mol. The number of nitrogens with zero attached hydrogens (tertiary/aromatic N) is 3. The summed E-state index contributed by atoms with van der Waals surface area (Å²) in [5, 5.41) is 6.74. The van der Waals surface area contributed by atoms with Gasteiger partial charge in [-0.3, -0.25) is 9.89 Å². The van der Waals surface area contributed by atoms with Crippen molar-refractivity contribution in [1.29, 1.82) is 0 Å². The van der Waals surface area contributed by atoms with Gasteiger partial charge in [0.15, 0.2) is 0 Å². The molecular formula is C19H26N4O3S. The van der Waals surface area contributed by atoms with Crippen LogP contribution in [-0.4, -0.2) is 59.9 Å². The fourth-order valence-corrected chi connectivity index (χ4v) is 4.60. The molecule has 1 atom stereocenters. The highest BCUT2D eigenvalue weighted by Gasteiger charge is 2.31. The second-order valence-electron chi connectivity index (χ2n) is 7.01. The van der Waals surface area contributed by atoms with Crippen LogP contribution in [-0.2, 0) is 10.0 Å². The number of sulfonamides is 1. The van der Waals surface area contributed by atoms with Crippen LogP contribution in [0.15, 0.2) is 35.2 Å². The fraction of sp³-hybridized carbons (Fsp3) is 0.474. The van der Waals surface area contributed by atoms with E-state index in [9.17, 15) is 13.2 Å². The number of carbonyl (C=O) groups excluding carboxylic acids is 1. The third-order valence-electron chi connectivity index (χ3n) is 5.15. The Morgan fingerprint density at radius 2 is 1.81 bits per heavy atom. The monoisotopic (exact) mass is 390 g/mol. The summed E-state index contributed by atoms with van der Waals surface area (Å²) in [6.07, 6.45) is 1.01. The van der Waals surface area contributed by atoms with Crippen molar-refractivity contribution in [2.45, 2.75) is 38.0 Å². The number of benzene rings is 1. The Labute approximate surface area is 160 Å². The quantitative estimate of drug-likeness (QED) is 0.849. The van der Waals surface area contributed by atoms with Crippen molar-refractivity contribution in [3.63, 3.8) is 0 Å². The third kappa shape index (κ3) is 4.06. The predicted octanol–water partition coefficient (Wildman–Crippen LogP) is 2.38. The summed E-state index contributed by atoms with van der Waals surface area (Å²) in [4.78, 5) is 14.4. The molecule has 1 saturated heterocycles. The highest BCUT2D eigenvalue weighted by Crippen LogP contribution is 2.23. The third-order valence-corrected chi connectivity index (χ3v) is 7.06. The normalized spacial score (nSPS) is 17.1. The summed E-state index contributed by atoms with van der Waals surface area (Å²) in [6, 6.07) is 8.84. The van der Waals surface area contributed by atoms with Crippen LogP contribution in [0.25, 0.3) is 0 Å². The lowest BCUT2D eigenvalue weighted by molar-refractivity contribution is 0.0692. The van der Waals surface area contributed by atoms with E-state index in [0.29, 0.717) is 29.6 Å². The van der Waals surface area contributed by atoms with Crippen molar-refractivity contribution in [2.75, 3.05) is 26.2 Å². The molecular weight excluding hydrogens is 364 g/mol. The SMILES string of the molecule is CCC(C)c1ccc(S(=O)(=O)N2CCN(C(=O)c3cc(C)[nH]n3)CC2)cc1. The number of hydrogen-bond acceptors (Lipinski definition) is 4. The number of nitrogens with one attached hydrogen (secondary N) is 1. The van der Waals surface area contributed by atoms with E-state index < -0.39 is 10.0 Å². The molecule has 0 saturated carbocycles. The van der Waals surface area contributed by atoms with Crippen LogP contribution in [0, 0.1) is 6.92 Å². The molecule has 0 aliphatic carbocycles. The first kappa shape index (κ1) is 19.6. The van der Waals surface area contributed by atoms with Gasteiger partial charge in [-0.1, -0.05) is 26.0 Å². The Bertz CT molecular complexity index is 897. The maximum atomic E-state index is 12.9. The predicted molar refractivity (Wildman–Crippen MR) is 103 cm³/mol. The van der Waals surface area contributed by atoms with E-state index in [1.165, 1.54) is 4.31 Å². The maximum Gasteiger partial charge on any atom is 0.274 e. The van der Waals surface area contributed by atoms with E-state index in [0.717, 1.165) is 17.7 Å². The number of aromatic amines is 1. The zero-order chi connectivity index (χ0) is 19.6. The number of aromatic nitrogens is 2. The molecule has 0 spiro atoms. The van der Waals surface area contributed by atoms with Gasteiger partial charge in [-0.05, 0) is 43.0 Å². The number of piperazine rings is 1. The lowest BCUT2D eigenvalue weighted by atomic mass is 9.99. The number of H-pyrrole nitrogens is 1. The molecule has 1 unspecified atom stereocenters. The fourth-order valence-electron chi connectivity index (χ4n) is 3.17. The van der Waals surface area contributed by atoms with Crippen LogP contribution in [0.2, 0.25) is 0 Å². The van der Waals surface area contributed by atoms with E-state index in [-0.39, 0.29) is 19.0 Å². The Morgan fingerprint density at radius 3 is 2.33 bits per heavy atom. The first-order valence-corrected chi connectivity index (χ1v) is 10.7. The molecule has 1 fully saturated rings. The van der Waals surface area contributed by atoms with Crippen molar-refractivity contribution in [3.05, 3.63) is 47.3 Å². The number of carbonyl (C=O) groups is 1. The maximum absolute atomic E-state index is 12.9. The van der Waals surface area contributed by atoms with E-state index in [4.69, 9.17) is 0 Å². The van der Waals surface area contributed by atoms with Gasteiger partial charge in [0.2, 0.25) is 10.0 Å². The summed E-state index contributed by atoms with van der Waals surface area (Å²) in [6.45, 7) is 7.35. The van der Waals surface area contributed by atoms with E-state index in [1.807, 2.05) is 19.1 Å². The zero-order valence-electron chi connectivity index (χ0n) is 16.0. The van der Waals surface area contributed by atoms with Crippen molar-refractivity contribution in [2.24, 2.45) is 0 Å². The first-order valence-electron chi connectivity index (χ1n) is 9.24. The van der Waals surface area contributed by atoms with Gasteiger partial charge in [-0.2, -0.15) is 9.40 Å². The Kier molecular flexibility index (Phi) is 5.67. The van der Waals surface area contributed by atoms with E-state index >= 15 is 0 Å². The molecule has 3 rings (SSSR count). The van der Waals surface area contributed by atoms with Gasteiger partial charge in [-0.25, -0.2) is 8.42 Å². The van der Waals surface area contributed by atoms with Crippen LogP contribution < -0.4 is 0 Å². The summed E-state index contributed by atoms with van der Waals surface area (Å²) in [5.41, 5.74) is 2.33. The highest BCUT2D eigenvalue weighted by molar-refractivity contribution is 7.89. The van der Waals surface area contributed by atoms with Crippen molar-refractivity contribution in [1.82, 2.24) is 19.4 Å².